The molecule has 2 aromatic heterocycles. The lowest BCUT2D eigenvalue weighted by molar-refractivity contribution is 0.0913. The summed E-state index contributed by atoms with van der Waals surface area (Å²) >= 11 is 1.82. The van der Waals surface area contributed by atoms with E-state index >= 15 is 0 Å². The molecular weight excluding hydrogens is 294 g/mol. The molecule has 114 valence electrons. The summed E-state index contributed by atoms with van der Waals surface area (Å²) in [4.78, 5) is 17.3. The van der Waals surface area contributed by atoms with Gasteiger partial charge >= 0.3 is 0 Å². The zero-order valence-corrected chi connectivity index (χ0v) is 13.7. The molecule has 0 aromatic carbocycles. The average molecular weight is 313 g/mol. The van der Waals surface area contributed by atoms with E-state index in [-0.39, 0.29) is 5.92 Å². The van der Waals surface area contributed by atoms with Crippen molar-refractivity contribution in [2.45, 2.75) is 31.3 Å². The molecule has 22 heavy (non-hydrogen) atoms. The molecule has 0 bridgehead atoms. The third-order valence-corrected chi connectivity index (χ3v) is 5.98. The van der Waals surface area contributed by atoms with Crippen LogP contribution in [0, 0.1) is 12.8 Å². The number of imidazole rings is 1. The van der Waals surface area contributed by atoms with Gasteiger partial charge in [0.15, 0.2) is 5.78 Å². The Bertz CT molecular complexity index is 875. The van der Waals surface area contributed by atoms with Gasteiger partial charge in [-0.15, -0.1) is 11.8 Å². The van der Waals surface area contributed by atoms with Crippen molar-refractivity contribution >= 4 is 29.7 Å². The van der Waals surface area contributed by atoms with Crippen molar-refractivity contribution in [2.24, 2.45) is 13.0 Å². The smallest absolute Gasteiger partial charge is 0.171 e. The van der Waals surface area contributed by atoms with Crippen LogP contribution in [-0.2, 0) is 13.6 Å². The number of hydrogen-bond donors (Lipinski definition) is 0. The highest BCUT2D eigenvalue weighted by Crippen LogP contribution is 2.31. The molecule has 0 N–H and O–H groups in total. The zero-order valence-electron chi connectivity index (χ0n) is 12.9. The van der Waals surface area contributed by atoms with Gasteiger partial charge in [0, 0.05) is 48.2 Å². The van der Waals surface area contributed by atoms with Crippen LogP contribution in [0.3, 0.4) is 0 Å². The van der Waals surface area contributed by atoms with Gasteiger partial charge in [-0.05, 0) is 19.8 Å². The normalized spacial score (nSPS) is 20.1. The van der Waals surface area contributed by atoms with Crippen LogP contribution in [0.5, 0.6) is 0 Å². The van der Waals surface area contributed by atoms with Crippen LogP contribution in [0.2, 0.25) is 0 Å². The van der Waals surface area contributed by atoms with Gasteiger partial charge in [0.05, 0.1) is 10.6 Å². The van der Waals surface area contributed by atoms with Gasteiger partial charge in [-0.1, -0.05) is 12.2 Å². The van der Waals surface area contributed by atoms with Crippen LogP contribution in [0.15, 0.2) is 17.4 Å². The highest BCUT2D eigenvalue weighted by molar-refractivity contribution is 7.99. The minimum absolute atomic E-state index is 0.0345. The molecule has 1 unspecified atom stereocenters. The molecule has 3 heterocycles. The van der Waals surface area contributed by atoms with Gasteiger partial charge in [0.25, 0.3) is 0 Å². The number of Topliss-reactive ketones (excluding diaryl/α,β-unsaturated/α-hetero) is 1. The number of aromatic nitrogens is 3. The van der Waals surface area contributed by atoms with Gasteiger partial charge < -0.3 is 9.13 Å². The van der Waals surface area contributed by atoms with Crippen molar-refractivity contribution in [1.82, 2.24) is 14.1 Å². The van der Waals surface area contributed by atoms with Crippen LogP contribution < -0.4 is 10.6 Å². The van der Waals surface area contributed by atoms with E-state index in [2.05, 4.69) is 33.3 Å². The molecule has 1 aliphatic heterocycles. The van der Waals surface area contributed by atoms with E-state index in [1.165, 1.54) is 5.35 Å². The fourth-order valence-electron chi connectivity index (χ4n) is 3.44. The van der Waals surface area contributed by atoms with E-state index < -0.39 is 0 Å². The summed E-state index contributed by atoms with van der Waals surface area (Å²) in [5.41, 5.74) is 0.951. The molecule has 0 amide bonds. The molecule has 2 aliphatic rings. The summed E-state index contributed by atoms with van der Waals surface area (Å²) in [7, 11) is 2.08. The molecule has 0 saturated carbocycles. The van der Waals surface area contributed by atoms with Gasteiger partial charge in [-0.2, -0.15) is 0 Å². The Kier molecular flexibility index (Phi) is 3.26. The highest BCUT2D eigenvalue weighted by atomic mass is 32.2. The SMILES string of the molecule is Cc1nccn1CC1CSc2c(c3c(n2C)=CCCC=3)C1=O. The molecule has 4 nitrogen and oxygen atoms in total. The van der Waals surface area contributed by atoms with Crippen LogP contribution in [-0.4, -0.2) is 25.7 Å². The topological polar surface area (TPSA) is 39.8 Å². The Balaban J connectivity index is 1.77. The summed E-state index contributed by atoms with van der Waals surface area (Å²) in [6.07, 6.45) is 10.4. The number of aryl methyl sites for hydroxylation is 1. The maximum Gasteiger partial charge on any atom is 0.171 e. The predicted octanol–water partition coefficient (Wildman–Crippen LogP) is 1.49. The predicted molar refractivity (Wildman–Crippen MR) is 88.3 cm³/mol. The first-order valence-corrected chi connectivity index (χ1v) is 8.69. The summed E-state index contributed by atoms with van der Waals surface area (Å²) in [5.74, 6) is 2.15. The minimum Gasteiger partial charge on any atom is -0.338 e. The van der Waals surface area contributed by atoms with Crippen LogP contribution in [0.1, 0.15) is 29.0 Å². The molecular formula is C17H19N3OS. The van der Waals surface area contributed by atoms with Crippen molar-refractivity contribution in [3.05, 3.63) is 34.3 Å². The number of carbonyl (C=O) groups excluding carboxylic acids is 1. The maximum absolute atomic E-state index is 13.0. The summed E-state index contributed by atoms with van der Waals surface area (Å²) in [6.45, 7) is 2.71. The van der Waals surface area contributed by atoms with E-state index in [9.17, 15) is 4.79 Å². The first kappa shape index (κ1) is 13.9. The molecule has 5 heteroatoms. The fourth-order valence-corrected chi connectivity index (χ4v) is 4.70. The van der Waals surface area contributed by atoms with Crippen molar-refractivity contribution in [2.75, 3.05) is 5.75 Å². The van der Waals surface area contributed by atoms with E-state index in [4.69, 9.17) is 0 Å². The average Bonchev–Trinajstić information content (AvgIpc) is 3.05. The monoisotopic (exact) mass is 313 g/mol. The number of rotatable bonds is 2. The number of carbonyl (C=O) groups is 1. The Labute approximate surface area is 133 Å². The Hall–Kier alpha value is -1.75. The largest absolute Gasteiger partial charge is 0.338 e. The molecule has 0 fully saturated rings. The Morgan fingerprint density at radius 3 is 2.95 bits per heavy atom. The van der Waals surface area contributed by atoms with Crippen molar-refractivity contribution < 1.29 is 4.79 Å². The van der Waals surface area contributed by atoms with Gasteiger partial charge in [0.1, 0.15) is 5.82 Å². The third-order valence-electron chi connectivity index (χ3n) is 4.66. The molecule has 1 aliphatic carbocycles. The minimum atomic E-state index is 0.0345. The second kappa shape index (κ2) is 5.16. The van der Waals surface area contributed by atoms with Crippen molar-refractivity contribution in [3.63, 3.8) is 0 Å². The lowest BCUT2D eigenvalue weighted by Crippen LogP contribution is -2.34. The zero-order chi connectivity index (χ0) is 15.3. The highest BCUT2D eigenvalue weighted by Gasteiger charge is 2.32. The lowest BCUT2D eigenvalue weighted by atomic mass is 9.98. The number of fused-ring (bicyclic) bond motifs is 3. The molecule has 4 rings (SSSR count). The molecule has 1 atom stereocenters. The van der Waals surface area contributed by atoms with Gasteiger partial charge in [-0.25, -0.2) is 4.98 Å². The number of nitrogens with zero attached hydrogens (tertiary/aromatic N) is 3. The summed E-state index contributed by atoms with van der Waals surface area (Å²) in [6, 6.07) is 0. The Morgan fingerprint density at radius 2 is 2.18 bits per heavy atom. The first-order valence-electron chi connectivity index (χ1n) is 7.70. The second-order valence-electron chi connectivity index (χ2n) is 6.02. The number of hydrogen-bond acceptors (Lipinski definition) is 3. The maximum atomic E-state index is 13.0. The van der Waals surface area contributed by atoms with Crippen LogP contribution in [0.25, 0.3) is 12.2 Å². The molecule has 0 radical (unpaired) electrons. The Morgan fingerprint density at radius 1 is 1.36 bits per heavy atom. The number of ketones is 1. The quantitative estimate of drug-likeness (QED) is 0.843. The van der Waals surface area contributed by atoms with E-state index in [1.54, 1.807) is 6.20 Å². The second-order valence-corrected chi connectivity index (χ2v) is 7.03. The van der Waals surface area contributed by atoms with Crippen LogP contribution >= 0.6 is 11.8 Å². The van der Waals surface area contributed by atoms with Crippen molar-refractivity contribution in [3.8, 4) is 0 Å². The van der Waals surface area contributed by atoms with Gasteiger partial charge in [-0.3, -0.25) is 4.79 Å². The van der Waals surface area contributed by atoms with E-state index in [0.29, 0.717) is 5.78 Å². The summed E-state index contributed by atoms with van der Waals surface area (Å²) in [5, 5.41) is 3.52. The third kappa shape index (κ3) is 1.99. The molecule has 0 spiro atoms. The summed E-state index contributed by atoms with van der Waals surface area (Å²) < 4.78 is 4.28. The van der Waals surface area contributed by atoms with E-state index in [1.807, 2.05) is 24.9 Å². The lowest BCUT2D eigenvalue weighted by Gasteiger charge is -2.22. The number of thioether (sulfide) groups is 1. The van der Waals surface area contributed by atoms with E-state index in [0.717, 1.165) is 46.8 Å². The van der Waals surface area contributed by atoms with Crippen molar-refractivity contribution in [1.29, 1.82) is 0 Å². The fraction of sp³-hybridized carbons (Fsp3) is 0.412. The first-order chi connectivity index (χ1) is 10.7. The van der Waals surface area contributed by atoms with Crippen LogP contribution in [0.4, 0.5) is 0 Å². The molecule has 2 aromatic rings. The molecule has 0 saturated heterocycles. The standard InChI is InChI=1S/C17H19N3OS/c1-11-18-7-8-20(11)9-12-10-22-17-15(16(12)21)13-5-3-4-6-14(13)19(17)2/h5-8,12H,3-4,9-10H2,1-2H3. The van der Waals surface area contributed by atoms with Gasteiger partial charge in [0.2, 0.25) is 0 Å².